The van der Waals surface area contributed by atoms with E-state index in [0.717, 1.165) is 57.8 Å². The molecule has 286 valence electrons. The fourth-order valence-corrected chi connectivity index (χ4v) is 11.5. The van der Waals surface area contributed by atoms with Gasteiger partial charge in [-0.25, -0.2) is 4.79 Å². The summed E-state index contributed by atoms with van der Waals surface area (Å²) in [5.41, 5.74) is -6.82. The Morgan fingerprint density at radius 2 is 1.53 bits per heavy atom. The molecule has 11 heteroatoms. The Labute approximate surface area is 303 Å². The third-order valence-electron chi connectivity index (χ3n) is 13.9. The molecule has 2 aliphatic heterocycles. The summed E-state index contributed by atoms with van der Waals surface area (Å²) >= 11 is 0. The van der Waals surface area contributed by atoms with Gasteiger partial charge < -0.3 is 29.4 Å². The maximum Gasteiger partial charge on any atom is 0.347 e. The number of hydrogen-bond donors (Lipinski definition) is 2. The molecule has 4 bridgehead atoms. The molecule has 7 fully saturated rings. The number of cyclic esters (lactones) is 1. The van der Waals surface area contributed by atoms with E-state index in [4.69, 9.17) is 18.9 Å². The Morgan fingerprint density at radius 3 is 2.06 bits per heavy atom. The molecule has 11 nitrogen and oxygen atoms in total. The van der Waals surface area contributed by atoms with Crippen LogP contribution in [0.4, 0.5) is 0 Å². The predicted octanol–water partition coefficient (Wildman–Crippen LogP) is 5.86. The smallest absolute Gasteiger partial charge is 0.347 e. The lowest BCUT2D eigenvalue weighted by molar-refractivity contribution is -0.227. The van der Waals surface area contributed by atoms with Gasteiger partial charge in [-0.05, 0) is 136 Å². The van der Waals surface area contributed by atoms with Crippen molar-refractivity contribution in [2.75, 3.05) is 13.2 Å². The molecule has 0 spiro atoms. The van der Waals surface area contributed by atoms with Crippen molar-refractivity contribution in [3.05, 3.63) is 0 Å². The van der Waals surface area contributed by atoms with Crippen molar-refractivity contribution >= 4 is 29.8 Å². The van der Waals surface area contributed by atoms with Gasteiger partial charge in [0.05, 0.1) is 33.9 Å². The van der Waals surface area contributed by atoms with Crippen molar-refractivity contribution < 1.29 is 48.0 Å². The Bertz CT molecular complexity index is 1400. The van der Waals surface area contributed by atoms with E-state index < -0.39 is 62.5 Å². The van der Waals surface area contributed by atoms with E-state index in [1.54, 1.807) is 20.8 Å². The van der Waals surface area contributed by atoms with Crippen LogP contribution in [0, 0.1) is 33.5 Å². The minimum atomic E-state index is -1.41. The van der Waals surface area contributed by atoms with Gasteiger partial charge in [-0.2, -0.15) is 0 Å². The van der Waals surface area contributed by atoms with Crippen molar-refractivity contribution in [3.8, 4) is 0 Å². The largest absolute Gasteiger partial charge is 0.463 e. The second-order valence-electron chi connectivity index (χ2n) is 18.9. The second-order valence-corrected chi connectivity index (χ2v) is 18.9. The van der Waals surface area contributed by atoms with Gasteiger partial charge >= 0.3 is 23.9 Å². The molecule has 1 amide bonds. The molecule has 0 aromatic rings. The Kier molecular flexibility index (Phi) is 9.93. The van der Waals surface area contributed by atoms with Crippen LogP contribution in [0.1, 0.15) is 151 Å². The van der Waals surface area contributed by atoms with Gasteiger partial charge in [0.1, 0.15) is 11.2 Å². The topological polar surface area (TPSA) is 155 Å². The minimum absolute atomic E-state index is 0.0000228. The van der Waals surface area contributed by atoms with Crippen LogP contribution in [0.2, 0.25) is 0 Å². The standard InChI is InChI=1S/C40H61NO10/c1-7-35(5,33(46)51-40-20-26-17-27(21-40)19-38(47,18-26)25-40)23-37(14-15-41-30(37)43)24-36(6,32(45)49-28-11-16-48-29(28)42)22-34(3,4)31(44)50-39(8-2)12-9-10-13-39/h26-28,47H,7-25H2,1-6H3,(H,41,43). The minimum Gasteiger partial charge on any atom is -0.463 e. The average Bonchev–Trinajstić information content (AvgIpc) is 3.76. The molecule has 0 aromatic heterocycles. The maximum absolute atomic E-state index is 14.4. The molecule has 7 rings (SSSR count). The highest BCUT2D eigenvalue weighted by atomic mass is 16.6. The third kappa shape index (κ3) is 7.30. The molecule has 5 aliphatic carbocycles. The van der Waals surface area contributed by atoms with Crippen molar-refractivity contribution in [1.29, 1.82) is 0 Å². The van der Waals surface area contributed by atoms with Gasteiger partial charge in [0.25, 0.3) is 0 Å². The summed E-state index contributed by atoms with van der Waals surface area (Å²) in [6, 6.07) is 0. The van der Waals surface area contributed by atoms with Gasteiger partial charge in [0.15, 0.2) is 0 Å². The number of esters is 4. The summed E-state index contributed by atoms with van der Waals surface area (Å²) in [6.45, 7) is 11.5. The number of amides is 1. The number of nitrogens with one attached hydrogen (secondary N) is 1. The van der Waals surface area contributed by atoms with Gasteiger partial charge in [0, 0.05) is 19.4 Å². The molecular weight excluding hydrogens is 654 g/mol. The van der Waals surface area contributed by atoms with Crippen LogP contribution in [0.3, 0.4) is 0 Å². The zero-order valence-corrected chi connectivity index (χ0v) is 31.8. The van der Waals surface area contributed by atoms with E-state index in [9.17, 15) is 29.1 Å². The van der Waals surface area contributed by atoms with Gasteiger partial charge in [-0.1, -0.05) is 13.8 Å². The SMILES string of the molecule is CCC1(OC(=O)C(C)(C)CC(C)(CC2(CC(C)(CC)C(=O)OC34CC5CC(CC(O)(C5)C3)C4)CCNC2=O)C(=O)OC2CCOC2=O)CCCC1. The average molecular weight is 716 g/mol. The first-order valence-corrected chi connectivity index (χ1v) is 19.7. The Balaban J connectivity index is 1.27. The van der Waals surface area contributed by atoms with E-state index in [-0.39, 0.29) is 44.2 Å². The first-order valence-electron chi connectivity index (χ1n) is 19.7. The Hall–Kier alpha value is -2.69. The molecule has 0 aromatic carbocycles. The summed E-state index contributed by atoms with van der Waals surface area (Å²) in [5.74, 6) is -1.66. The zero-order chi connectivity index (χ0) is 37.1. The molecule has 2 heterocycles. The highest BCUT2D eigenvalue weighted by molar-refractivity contribution is 5.89. The molecule has 2 saturated heterocycles. The number of ether oxygens (including phenoxy) is 4. The van der Waals surface area contributed by atoms with Crippen molar-refractivity contribution in [1.82, 2.24) is 5.32 Å². The lowest BCUT2D eigenvalue weighted by Gasteiger charge is -2.59. The van der Waals surface area contributed by atoms with E-state index in [1.165, 1.54) is 0 Å². The first kappa shape index (κ1) is 38.0. The van der Waals surface area contributed by atoms with Crippen LogP contribution in [-0.2, 0) is 42.9 Å². The monoisotopic (exact) mass is 715 g/mol. The highest BCUT2D eigenvalue weighted by Gasteiger charge is 2.61. The van der Waals surface area contributed by atoms with E-state index in [1.807, 2.05) is 20.8 Å². The number of rotatable bonds is 14. The fourth-order valence-electron chi connectivity index (χ4n) is 11.5. The molecule has 2 N–H and O–H groups in total. The van der Waals surface area contributed by atoms with Gasteiger partial charge in [-0.15, -0.1) is 0 Å². The van der Waals surface area contributed by atoms with E-state index in [0.29, 0.717) is 44.1 Å². The van der Waals surface area contributed by atoms with Crippen molar-refractivity contribution in [2.45, 2.75) is 174 Å². The molecule has 0 radical (unpaired) electrons. The first-order chi connectivity index (χ1) is 23.8. The van der Waals surface area contributed by atoms with Crippen LogP contribution in [0.25, 0.3) is 0 Å². The quantitative estimate of drug-likeness (QED) is 0.165. The number of carbonyl (C=O) groups excluding carboxylic acids is 5. The van der Waals surface area contributed by atoms with Crippen LogP contribution >= 0.6 is 0 Å². The predicted molar refractivity (Wildman–Crippen MR) is 186 cm³/mol. The second kappa shape index (κ2) is 13.3. The molecule has 7 aliphatic rings. The summed E-state index contributed by atoms with van der Waals surface area (Å²) in [5, 5.41) is 14.3. The summed E-state index contributed by atoms with van der Waals surface area (Å²) in [4.78, 5) is 69.2. The highest BCUT2D eigenvalue weighted by Crippen LogP contribution is 2.60. The third-order valence-corrected chi connectivity index (χ3v) is 13.9. The number of carbonyl (C=O) groups is 5. The normalized spacial score (nSPS) is 36.2. The van der Waals surface area contributed by atoms with Crippen LogP contribution in [0.15, 0.2) is 0 Å². The molecule has 6 atom stereocenters. The molecule has 5 saturated carbocycles. The summed E-state index contributed by atoms with van der Waals surface area (Å²) in [7, 11) is 0. The summed E-state index contributed by atoms with van der Waals surface area (Å²) in [6.07, 6.45) is 8.89. The molecule has 6 unspecified atom stereocenters. The Morgan fingerprint density at radius 1 is 0.882 bits per heavy atom. The molecule has 51 heavy (non-hydrogen) atoms. The van der Waals surface area contributed by atoms with E-state index in [2.05, 4.69) is 5.32 Å². The maximum atomic E-state index is 14.4. The van der Waals surface area contributed by atoms with Crippen molar-refractivity contribution in [3.63, 3.8) is 0 Å². The van der Waals surface area contributed by atoms with Crippen molar-refractivity contribution in [2.24, 2.45) is 33.5 Å². The van der Waals surface area contributed by atoms with Crippen LogP contribution in [-0.4, -0.2) is 70.9 Å². The van der Waals surface area contributed by atoms with E-state index >= 15 is 0 Å². The van der Waals surface area contributed by atoms with Crippen LogP contribution < -0.4 is 5.32 Å². The van der Waals surface area contributed by atoms with Gasteiger partial charge in [-0.3, -0.25) is 19.2 Å². The molecular formula is C40H61NO10. The van der Waals surface area contributed by atoms with Gasteiger partial charge in [0.2, 0.25) is 12.0 Å². The number of hydrogen-bond acceptors (Lipinski definition) is 10. The van der Waals surface area contributed by atoms with Crippen LogP contribution in [0.5, 0.6) is 0 Å². The zero-order valence-electron chi connectivity index (χ0n) is 31.8. The lowest BCUT2D eigenvalue weighted by Crippen LogP contribution is -2.61. The summed E-state index contributed by atoms with van der Waals surface area (Å²) < 4.78 is 23.7. The number of aliphatic hydroxyl groups is 1. The fraction of sp³-hybridized carbons (Fsp3) is 0.875. The lowest BCUT2D eigenvalue weighted by atomic mass is 9.52.